The van der Waals surface area contributed by atoms with Crippen LogP contribution in [-0.4, -0.2) is 51.4 Å². The van der Waals surface area contributed by atoms with Crippen LogP contribution in [0.1, 0.15) is 124 Å². The molecule has 1 aromatic heterocycles. The molecule has 0 radical (unpaired) electrons. The fraction of sp³-hybridized carbons (Fsp3) is 0.647. The molecule has 0 spiro atoms. The van der Waals surface area contributed by atoms with Crippen LogP contribution in [0.15, 0.2) is 40.7 Å². The van der Waals surface area contributed by atoms with Crippen molar-refractivity contribution in [1.29, 1.82) is 0 Å². The Morgan fingerprint density at radius 2 is 1.63 bits per heavy atom. The third-order valence-electron chi connectivity index (χ3n) is 7.12. The maximum absolute atomic E-state index is 12.7. The molecule has 9 heteroatoms. The van der Waals surface area contributed by atoms with Gasteiger partial charge in [0.05, 0.1) is 12.0 Å². The predicted octanol–water partition coefficient (Wildman–Crippen LogP) is 7.92. The van der Waals surface area contributed by atoms with Gasteiger partial charge in [-0.2, -0.15) is 4.98 Å². The number of unbranched alkanes of at least 4 members (excludes halogenated alkanes) is 6. The fourth-order valence-electron chi connectivity index (χ4n) is 5.08. The molecule has 1 fully saturated rings. The van der Waals surface area contributed by atoms with Crippen LogP contribution < -0.4 is 5.32 Å². The number of ether oxygens (including phenoxy) is 2. The number of alkyl carbamates (subject to hydrolysis) is 1. The van der Waals surface area contributed by atoms with Crippen LogP contribution in [0.2, 0.25) is 0 Å². The Balaban J connectivity index is 1.64. The van der Waals surface area contributed by atoms with Gasteiger partial charge in [0.2, 0.25) is 11.7 Å². The SMILES string of the molecule is CCCCCCCCCc1ccc(-c2noc([C@@H]3CCCN(C(=CC(=O)OC(C)(C)C)NC(=O)OC(C)(C)C)C3)n2)cc1. The van der Waals surface area contributed by atoms with Crippen LogP contribution in [0, 0.1) is 0 Å². The van der Waals surface area contributed by atoms with E-state index >= 15 is 0 Å². The van der Waals surface area contributed by atoms with Crippen molar-refractivity contribution >= 4 is 12.1 Å². The number of hydrogen-bond acceptors (Lipinski definition) is 8. The molecule has 0 bridgehead atoms. The summed E-state index contributed by atoms with van der Waals surface area (Å²) in [6.07, 6.45) is 12.5. The van der Waals surface area contributed by atoms with E-state index in [1.54, 1.807) is 41.5 Å². The van der Waals surface area contributed by atoms with Crippen molar-refractivity contribution in [1.82, 2.24) is 20.4 Å². The topological polar surface area (TPSA) is 107 Å². The Kier molecular flexibility index (Phi) is 12.6. The molecule has 0 unspecified atom stereocenters. The Labute approximate surface area is 257 Å². The van der Waals surface area contributed by atoms with Crippen molar-refractivity contribution in [2.24, 2.45) is 0 Å². The number of benzene rings is 1. The average Bonchev–Trinajstić information content (AvgIpc) is 3.41. The highest BCUT2D eigenvalue weighted by atomic mass is 16.6. The van der Waals surface area contributed by atoms with Crippen LogP contribution in [0.25, 0.3) is 11.4 Å². The molecule has 1 N–H and O–H groups in total. The lowest BCUT2D eigenvalue weighted by Crippen LogP contribution is -2.43. The molecule has 0 aliphatic carbocycles. The summed E-state index contributed by atoms with van der Waals surface area (Å²) in [5.74, 6) is 0.821. The second-order valence-electron chi connectivity index (χ2n) is 13.5. The number of nitrogens with one attached hydrogen (secondary N) is 1. The first-order valence-electron chi connectivity index (χ1n) is 16.0. The maximum atomic E-state index is 12.7. The molecule has 1 amide bonds. The van der Waals surface area contributed by atoms with Crippen molar-refractivity contribution < 1.29 is 23.6 Å². The summed E-state index contributed by atoms with van der Waals surface area (Å²) in [5, 5.41) is 7.02. The maximum Gasteiger partial charge on any atom is 0.413 e. The van der Waals surface area contributed by atoms with Crippen LogP contribution in [0.3, 0.4) is 0 Å². The number of carbonyl (C=O) groups excluding carboxylic acids is 2. The fourth-order valence-corrected chi connectivity index (χ4v) is 5.08. The van der Waals surface area contributed by atoms with E-state index in [9.17, 15) is 9.59 Å². The number of carbonyl (C=O) groups is 2. The van der Waals surface area contributed by atoms with E-state index in [0.717, 1.165) is 24.8 Å². The number of piperidine rings is 1. The zero-order chi connectivity index (χ0) is 31.5. The second kappa shape index (κ2) is 15.9. The molecule has 1 atom stereocenters. The van der Waals surface area contributed by atoms with E-state index in [1.165, 1.54) is 56.6 Å². The summed E-state index contributed by atoms with van der Waals surface area (Å²) < 4.78 is 16.7. The molecule has 1 aromatic carbocycles. The van der Waals surface area contributed by atoms with Gasteiger partial charge in [-0.3, -0.25) is 5.32 Å². The highest BCUT2D eigenvalue weighted by Gasteiger charge is 2.30. The minimum atomic E-state index is -0.683. The first-order chi connectivity index (χ1) is 20.3. The van der Waals surface area contributed by atoms with E-state index in [1.807, 2.05) is 4.90 Å². The van der Waals surface area contributed by atoms with Crippen LogP contribution >= 0.6 is 0 Å². The Morgan fingerprint density at radius 1 is 0.977 bits per heavy atom. The molecule has 1 saturated heterocycles. The third kappa shape index (κ3) is 12.4. The summed E-state index contributed by atoms with van der Waals surface area (Å²) in [4.78, 5) is 32.0. The van der Waals surface area contributed by atoms with Crippen LogP contribution in [-0.2, 0) is 20.7 Å². The minimum absolute atomic E-state index is 0.0610. The zero-order valence-corrected chi connectivity index (χ0v) is 27.3. The number of likely N-dealkylation sites (tertiary alicyclic amines) is 1. The monoisotopic (exact) mass is 596 g/mol. The molecular weight excluding hydrogens is 544 g/mol. The Bertz CT molecular complexity index is 1190. The lowest BCUT2D eigenvalue weighted by atomic mass is 9.98. The average molecular weight is 597 g/mol. The van der Waals surface area contributed by atoms with Gasteiger partial charge in [0.15, 0.2) is 0 Å². The molecule has 1 aliphatic rings. The molecule has 238 valence electrons. The zero-order valence-electron chi connectivity index (χ0n) is 27.3. The number of esters is 1. The van der Waals surface area contributed by atoms with Crippen molar-refractivity contribution in [2.45, 2.75) is 130 Å². The van der Waals surface area contributed by atoms with Gasteiger partial charge < -0.3 is 18.9 Å². The van der Waals surface area contributed by atoms with Crippen LogP contribution in [0.5, 0.6) is 0 Å². The molecule has 43 heavy (non-hydrogen) atoms. The van der Waals surface area contributed by atoms with E-state index in [2.05, 4.69) is 41.7 Å². The van der Waals surface area contributed by atoms with Gasteiger partial charge in [0.25, 0.3) is 0 Å². The molecule has 1 aliphatic heterocycles. The van der Waals surface area contributed by atoms with Gasteiger partial charge >= 0.3 is 12.1 Å². The summed E-state index contributed by atoms with van der Waals surface area (Å²) in [7, 11) is 0. The molecular formula is C34H52N4O5. The van der Waals surface area contributed by atoms with Gasteiger partial charge in [-0.25, -0.2) is 9.59 Å². The molecule has 2 heterocycles. The van der Waals surface area contributed by atoms with Crippen LogP contribution in [0.4, 0.5) is 4.79 Å². The van der Waals surface area contributed by atoms with Gasteiger partial charge in [-0.15, -0.1) is 0 Å². The van der Waals surface area contributed by atoms with Gasteiger partial charge in [0.1, 0.15) is 17.0 Å². The largest absolute Gasteiger partial charge is 0.457 e. The highest BCUT2D eigenvalue weighted by molar-refractivity contribution is 5.84. The molecule has 0 saturated carbocycles. The number of hydrogen-bond donors (Lipinski definition) is 1. The summed E-state index contributed by atoms with van der Waals surface area (Å²) >= 11 is 0. The minimum Gasteiger partial charge on any atom is -0.457 e. The molecule has 2 aromatic rings. The van der Waals surface area contributed by atoms with Gasteiger partial charge in [-0.1, -0.05) is 74.9 Å². The first kappa shape index (κ1) is 34.1. The normalized spacial score (nSPS) is 16.2. The lowest BCUT2D eigenvalue weighted by molar-refractivity contribution is -0.148. The van der Waals surface area contributed by atoms with Crippen molar-refractivity contribution in [3.05, 3.63) is 47.6 Å². The standard InChI is InChI=1S/C34H52N4O5/c1-8-9-10-11-12-13-14-16-25-18-20-26(21-19-25)30-36-31(43-37-30)27-17-15-22-38(24-27)28(23-29(39)41-33(2,3)4)35-32(40)42-34(5,6)7/h18-21,23,27H,8-17,22,24H2,1-7H3,(H,35,40)/t27-/m1/s1. The Hall–Kier alpha value is -3.36. The first-order valence-corrected chi connectivity index (χ1v) is 16.0. The van der Waals surface area contributed by atoms with E-state index in [4.69, 9.17) is 19.0 Å². The quantitative estimate of drug-likeness (QED) is 0.141. The Morgan fingerprint density at radius 3 is 2.28 bits per heavy atom. The number of nitrogens with zero attached hydrogens (tertiary/aromatic N) is 3. The molecule has 9 nitrogen and oxygen atoms in total. The predicted molar refractivity (Wildman–Crippen MR) is 168 cm³/mol. The van der Waals surface area contributed by atoms with Crippen molar-refractivity contribution in [3.8, 4) is 11.4 Å². The number of aromatic nitrogens is 2. The van der Waals surface area contributed by atoms with E-state index in [0.29, 0.717) is 30.6 Å². The van der Waals surface area contributed by atoms with E-state index < -0.39 is 23.3 Å². The lowest BCUT2D eigenvalue weighted by Gasteiger charge is -2.34. The number of rotatable bonds is 13. The van der Waals surface area contributed by atoms with E-state index in [-0.39, 0.29) is 5.92 Å². The van der Waals surface area contributed by atoms with Gasteiger partial charge in [-0.05, 0) is 72.8 Å². The van der Waals surface area contributed by atoms with Crippen molar-refractivity contribution in [2.75, 3.05) is 13.1 Å². The van der Waals surface area contributed by atoms with Crippen molar-refractivity contribution in [3.63, 3.8) is 0 Å². The highest BCUT2D eigenvalue weighted by Crippen LogP contribution is 2.29. The number of amides is 1. The summed E-state index contributed by atoms with van der Waals surface area (Å²) in [6.45, 7) is 14.1. The van der Waals surface area contributed by atoms with Gasteiger partial charge in [0, 0.05) is 18.7 Å². The summed E-state index contributed by atoms with van der Waals surface area (Å²) in [6, 6.07) is 8.43. The number of aryl methyl sites for hydroxylation is 1. The third-order valence-corrected chi connectivity index (χ3v) is 7.12. The molecule has 3 rings (SSSR count). The summed E-state index contributed by atoms with van der Waals surface area (Å²) in [5.41, 5.74) is 0.896. The smallest absolute Gasteiger partial charge is 0.413 e. The second-order valence-corrected chi connectivity index (χ2v) is 13.5.